The van der Waals surface area contributed by atoms with Crippen LogP contribution in [0.1, 0.15) is 21.5 Å². The fourth-order valence-electron chi connectivity index (χ4n) is 1.72. The highest BCUT2D eigenvalue weighted by Gasteiger charge is 2.15. The normalized spacial score (nSPS) is 9.52. The van der Waals surface area contributed by atoms with Crippen molar-refractivity contribution in [2.45, 2.75) is 0 Å². The molecule has 0 aromatic heterocycles. The number of carbonyl (C=O) groups excluding carboxylic acids is 1. The number of hydrogen-bond acceptors (Lipinski definition) is 3. The zero-order chi connectivity index (χ0) is 15.4. The van der Waals surface area contributed by atoms with E-state index >= 15 is 0 Å². The summed E-state index contributed by atoms with van der Waals surface area (Å²) in [5.41, 5.74) is 0.960. The molecule has 0 saturated carbocycles. The molecule has 102 valence electrons. The molecule has 4 nitrogen and oxygen atoms in total. The van der Waals surface area contributed by atoms with Crippen molar-refractivity contribution >= 4 is 34.8 Å². The van der Waals surface area contributed by atoms with E-state index in [-0.39, 0.29) is 26.7 Å². The van der Waals surface area contributed by atoms with Crippen LogP contribution in [0.25, 0.3) is 0 Å². The molecule has 0 spiro atoms. The van der Waals surface area contributed by atoms with Crippen LogP contribution in [-0.4, -0.2) is 5.91 Å². The average molecular weight is 316 g/mol. The van der Waals surface area contributed by atoms with Gasteiger partial charge in [0.2, 0.25) is 0 Å². The third-order valence-corrected chi connectivity index (χ3v) is 3.34. The summed E-state index contributed by atoms with van der Waals surface area (Å²) >= 11 is 11.9. The summed E-state index contributed by atoms with van der Waals surface area (Å²) in [7, 11) is 0. The SMILES string of the molecule is N#Cc1ccc(NC(=O)c2c(Cl)cccc2Cl)cc1C#N. The third kappa shape index (κ3) is 3.14. The lowest BCUT2D eigenvalue weighted by atomic mass is 10.1. The van der Waals surface area contributed by atoms with E-state index in [1.807, 2.05) is 12.1 Å². The van der Waals surface area contributed by atoms with Crippen molar-refractivity contribution in [3.05, 3.63) is 63.1 Å². The molecule has 2 aromatic rings. The number of nitriles is 2. The predicted molar refractivity (Wildman–Crippen MR) is 80.3 cm³/mol. The van der Waals surface area contributed by atoms with Gasteiger partial charge in [0.25, 0.3) is 5.91 Å². The monoisotopic (exact) mass is 315 g/mol. The van der Waals surface area contributed by atoms with Crippen molar-refractivity contribution in [2.24, 2.45) is 0 Å². The first-order chi connectivity index (χ1) is 10.1. The van der Waals surface area contributed by atoms with Gasteiger partial charge in [0.1, 0.15) is 12.1 Å². The highest BCUT2D eigenvalue weighted by molar-refractivity contribution is 6.40. The van der Waals surface area contributed by atoms with Crippen molar-refractivity contribution < 1.29 is 4.79 Å². The highest BCUT2D eigenvalue weighted by Crippen LogP contribution is 2.25. The lowest BCUT2D eigenvalue weighted by molar-refractivity contribution is 0.102. The lowest BCUT2D eigenvalue weighted by Gasteiger charge is -2.09. The van der Waals surface area contributed by atoms with Gasteiger partial charge >= 0.3 is 0 Å². The van der Waals surface area contributed by atoms with Crippen LogP contribution in [0, 0.1) is 22.7 Å². The van der Waals surface area contributed by atoms with E-state index < -0.39 is 5.91 Å². The Hall–Kier alpha value is -2.53. The average Bonchev–Trinajstić information content (AvgIpc) is 2.46. The number of nitrogens with zero attached hydrogens (tertiary/aromatic N) is 2. The number of halogens is 2. The second-order valence-electron chi connectivity index (χ2n) is 4.03. The van der Waals surface area contributed by atoms with E-state index in [1.54, 1.807) is 18.2 Å². The quantitative estimate of drug-likeness (QED) is 0.910. The molecule has 0 saturated heterocycles. The van der Waals surface area contributed by atoms with E-state index in [0.29, 0.717) is 5.69 Å². The minimum atomic E-state index is -0.487. The molecule has 1 amide bonds. The molecule has 0 heterocycles. The molecule has 21 heavy (non-hydrogen) atoms. The summed E-state index contributed by atoms with van der Waals surface area (Å²) in [6.07, 6.45) is 0. The fraction of sp³-hybridized carbons (Fsp3) is 0. The van der Waals surface area contributed by atoms with Gasteiger partial charge in [-0.1, -0.05) is 29.3 Å². The zero-order valence-corrected chi connectivity index (χ0v) is 12.0. The molecule has 0 radical (unpaired) electrons. The van der Waals surface area contributed by atoms with Crippen molar-refractivity contribution in [2.75, 3.05) is 5.32 Å². The molecule has 0 fully saturated rings. The first-order valence-electron chi connectivity index (χ1n) is 5.76. The van der Waals surface area contributed by atoms with Crippen LogP contribution in [-0.2, 0) is 0 Å². The molecule has 0 aliphatic carbocycles. The molecule has 0 unspecified atom stereocenters. The van der Waals surface area contributed by atoms with E-state index in [9.17, 15) is 4.79 Å². The van der Waals surface area contributed by atoms with Gasteiger partial charge in [-0.25, -0.2) is 0 Å². The predicted octanol–water partition coefficient (Wildman–Crippen LogP) is 3.99. The zero-order valence-electron chi connectivity index (χ0n) is 10.5. The van der Waals surface area contributed by atoms with Gasteiger partial charge in [0.05, 0.1) is 26.7 Å². The first kappa shape index (κ1) is 14.9. The number of anilines is 1. The number of rotatable bonds is 2. The van der Waals surface area contributed by atoms with Gasteiger partial charge in [0.15, 0.2) is 0 Å². The summed E-state index contributed by atoms with van der Waals surface area (Å²) in [5, 5.41) is 20.9. The molecule has 0 aliphatic heterocycles. The Bertz CT molecular complexity index is 783. The van der Waals surface area contributed by atoms with Gasteiger partial charge < -0.3 is 5.32 Å². The van der Waals surface area contributed by atoms with E-state index in [2.05, 4.69) is 5.32 Å². The summed E-state index contributed by atoms with van der Waals surface area (Å²) in [6, 6.07) is 13.0. The number of benzene rings is 2. The Morgan fingerprint density at radius 3 is 2.19 bits per heavy atom. The maximum Gasteiger partial charge on any atom is 0.258 e. The molecule has 2 rings (SSSR count). The number of nitrogens with one attached hydrogen (secondary N) is 1. The highest BCUT2D eigenvalue weighted by atomic mass is 35.5. The Morgan fingerprint density at radius 1 is 1.00 bits per heavy atom. The van der Waals surface area contributed by atoms with Crippen molar-refractivity contribution in [3.63, 3.8) is 0 Å². The maximum atomic E-state index is 12.2. The molecule has 2 aromatic carbocycles. The number of carbonyl (C=O) groups is 1. The van der Waals surface area contributed by atoms with E-state index in [4.69, 9.17) is 33.7 Å². The van der Waals surface area contributed by atoms with Crippen LogP contribution in [0.3, 0.4) is 0 Å². The van der Waals surface area contributed by atoms with Gasteiger partial charge in [-0.2, -0.15) is 10.5 Å². The standard InChI is InChI=1S/C15H7Cl2N3O/c16-12-2-1-3-13(17)14(12)15(21)20-11-5-4-9(7-18)10(6-11)8-19/h1-6H,(H,20,21). The second kappa shape index (κ2) is 6.28. The number of hydrogen-bond donors (Lipinski definition) is 1. The lowest BCUT2D eigenvalue weighted by Crippen LogP contribution is -2.13. The topological polar surface area (TPSA) is 76.7 Å². The molecule has 0 aliphatic rings. The molecular formula is C15H7Cl2N3O. The van der Waals surface area contributed by atoms with E-state index in [0.717, 1.165) is 0 Å². The summed E-state index contributed by atoms with van der Waals surface area (Å²) in [6.45, 7) is 0. The fourth-order valence-corrected chi connectivity index (χ4v) is 2.29. The molecule has 1 N–H and O–H groups in total. The van der Waals surface area contributed by atoms with Crippen LogP contribution >= 0.6 is 23.2 Å². The summed E-state index contributed by atoms with van der Waals surface area (Å²) < 4.78 is 0. The maximum absolute atomic E-state index is 12.2. The summed E-state index contributed by atoms with van der Waals surface area (Å²) in [5.74, 6) is -0.487. The van der Waals surface area contributed by atoms with Crippen LogP contribution in [0.15, 0.2) is 36.4 Å². The minimum absolute atomic E-state index is 0.156. The Balaban J connectivity index is 2.33. The molecule has 0 atom stereocenters. The van der Waals surface area contributed by atoms with Crippen molar-refractivity contribution in [1.29, 1.82) is 10.5 Å². The first-order valence-corrected chi connectivity index (χ1v) is 6.52. The van der Waals surface area contributed by atoms with Crippen LogP contribution in [0.2, 0.25) is 10.0 Å². The minimum Gasteiger partial charge on any atom is -0.322 e. The van der Waals surface area contributed by atoms with Gasteiger partial charge in [-0.15, -0.1) is 0 Å². The van der Waals surface area contributed by atoms with Gasteiger partial charge in [0, 0.05) is 5.69 Å². The Morgan fingerprint density at radius 2 is 1.62 bits per heavy atom. The Kier molecular flexibility index (Phi) is 4.45. The largest absolute Gasteiger partial charge is 0.322 e. The van der Waals surface area contributed by atoms with Gasteiger partial charge in [-0.3, -0.25) is 4.79 Å². The number of amides is 1. The van der Waals surface area contributed by atoms with Crippen molar-refractivity contribution in [1.82, 2.24) is 0 Å². The molecule has 6 heteroatoms. The third-order valence-electron chi connectivity index (χ3n) is 2.71. The molecular weight excluding hydrogens is 309 g/mol. The van der Waals surface area contributed by atoms with Crippen LogP contribution in [0.5, 0.6) is 0 Å². The smallest absolute Gasteiger partial charge is 0.258 e. The van der Waals surface area contributed by atoms with Crippen LogP contribution in [0.4, 0.5) is 5.69 Å². The van der Waals surface area contributed by atoms with Crippen LogP contribution < -0.4 is 5.32 Å². The van der Waals surface area contributed by atoms with Gasteiger partial charge in [-0.05, 0) is 30.3 Å². The Labute approximate surface area is 131 Å². The van der Waals surface area contributed by atoms with Crippen molar-refractivity contribution in [3.8, 4) is 12.1 Å². The summed E-state index contributed by atoms with van der Waals surface area (Å²) in [4.78, 5) is 12.2. The second-order valence-corrected chi connectivity index (χ2v) is 4.85. The van der Waals surface area contributed by atoms with E-state index in [1.165, 1.54) is 18.2 Å². The molecule has 0 bridgehead atoms.